The molecule has 2 aromatic carbocycles. The van der Waals surface area contributed by atoms with E-state index in [2.05, 4.69) is 9.55 Å². The Morgan fingerprint density at radius 2 is 1.79 bits per heavy atom. The minimum Gasteiger partial charge on any atom is -0.336 e. The molecule has 1 atom stereocenters. The topological polar surface area (TPSA) is 81.2 Å². The largest absolute Gasteiger partial charge is 0.336 e. The molecule has 1 unspecified atom stereocenters. The summed E-state index contributed by atoms with van der Waals surface area (Å²) in [6.07, 6.45) is 5.61. The first-order chi connectivity index (χ1) is 13.8. The zero-order chi connectivity index (χ0) is 21.2. The predicted molar refractivity (Wildman–Crippen MR) is 119 cm³/mol. The van der Waals surface area contributed by atoms with E-state index in [-0.39, 0.29) is 0 Å². The first-order valence-electron chi connectivity index (χ1n) is 8.12. The maximum atomic E-state index is 8.36. The van der Waals surface area contributed by atoms with Crippen LogP contribution in [0.3, 0.4) is 0 Å². The Morgan fingerprint density at radius 3 is 2.38 bits per heavy atom. The second-order valence-corrected chi connectivity index (χ2v) is 9.29. The van der Waals surface area contributed by atoms with Crippen LogP contribution in [0.1, 0.15) is 0 Å². The van der Waals surface area contributed by atoms with Gasteiger partial charge in [-0.2, -0.15) is 0 Å². The zero-order valence-electron chi connectivity index (χ0n) is 14.8. The van der Waals surface area contributed by atoms with Crippen LogP contribution >= 0.6 is 58.3 Å². The molecule has 29 heavy (non-hydrogen) atoms. The molecule has 0 bridgehead atoms. The second kappa shape index (κ2) is 12.2. The van der Waals surface area contributed by atoms with Gasteiger partial charge in [0.25, 0.3) is 5.09 Å². The number of hydrogen-bond acceptors (Lipinski definition) is 5. The second-order valence-electron chi connectivity index (χ2n) is 5.58. The number of nitrogens with zero attached hydrogens (tertiary/aromatic N) is 3. The molecule has 11 heteroatoms. The van der Waals surface area contributed by atoms with Crippen LogP contribution in [-0.4, -0.2) is 30.8 Å². The molecule has 1 N–H and O–H groups in total. The van der Waals surface area contributed by atoms with E-state index in [1.54, 1.807) is 35.8 Å². The first-order valence-corrected chi connectivity index (χ1v) is 11.1. The van der Waals surface area contributed by atoms with Gasteiger partial charge in [-0.25, -0.2) is 4.98 Å². The Balaban J connectivity index is 0.000000687. The van der Waals surface area contributed by atoms with E-state index in [4.69, 9.17) is 50.1 Å². The normalized spacial score (nSPS) is 11.4. The molecule has 0 saturated carbocycles. The molecule has 3 rings (SSSR count). The van der Waals surface area contributed by atoms with Crippen molar-refractivity contribution in [3.8, 4) is 0 Å². The van der Waals surface area contributed by atoms with Crippen LogP contribution in [0.15, 0.2) is 71.0 Å². The van der Waals surface area contributed by atoms with Crippen molar-refractivity contribution in [3.63, 3.8) is 0 Å². The SMILES string of the molecule is Clc1ccc(SCC(Cn2ccnc2)Sc2ccc(Cl)cc2Cl)cc1.O=[N+]([O-])O. The highest BCUT2D eigenvalue weighted by molar-refractivity contribution is 8.03. The van der Waals surface area contributed by atoms with Crippen LogP contribution < -0.4 is 0 Å². The molecular weight excluding hydrogens is 477 g/mol. The number of aromatic nitrogens is 2. The lowest BCUT2D eigenvalue weighted by atomic mass is 10.4. The Bertz CT molecular complexity index is 908. The summed E-state index contributed by atoms with van der Waals surface area (Å²) in [7, 11) is 0. The minimum atomic E-state index is -1.50. The Labute approximate surface area is 191 Å². The number of thioether (sulfide) groups is 2. The summed E-state index contributed by atoms with van der Waals surface area (Å²) < 4.78 is 2.09. The molecule has 1 aromatic heterocycles. The van der Waals surface area contributed by atoms with Crippen molar-refractivity contribution in [3.05, 3.63) is 86.4 Å². The molecule has 3 aromatic rings. The van der Waals surface area contributed by atoms with Gasteiger partial charge in [-0.15, -0.1) is 33.6 Å². The van der Waals surface area contributed by atoms with Crippen molar-refractivity contribution >= 4 is 58.3 Å². The Morgan fingerprint density at radius 1 is 1.14 bits per heavy atom. The summed E-state index contributed by atoms with van der Waals surface area (Å²) in [5.74, 6) is 0.934. The van der Waals surface area contributed by atoms with E-state index in [0.29, 0.717) is 15.3 Å². The van der Waals surface area contributed by atoms with Gasteiger partial charge < -0.3 is 9.77 Å². The van der Waals surface area contributed by atoms with Gasteiger partial charge in [0.2, 0.25) is 0 Å². The van der Waals surface area contributed by atoms with Crippen LogP contribution in [0.4, 0.5) is 0 Å². The Kier molecular flexibility index (Phi) is 9.96. The van der Waals surface area contributed by atoms with E-state index in [9.17, 15) is 0 Å². The molecule has 0 aliphatic rings. The number of halogens is 3. The molecule has 0 fully saturated rings. The van der Waals surface area contributed by atoms with Crippen LogP contribution in [0.5, 0.6) is 0 Å². The van der Waals surface area contributed by atoms with E-state index >= 15 is 0 Å². The minimum absolute atomic E-state index is 0.327. The van der Waals surface area contributed by atoms with E-state index in [1.165, 1.54) is 4.90 Å². The number of rotatable bonds is 7. The highest BCUT2D eigenvalue weighted by Crippen LogP contribution is 2.35. The van der Waals surface area contributed by atoms with Gasteiger partial charge in [0.05, 0.1) is 11.3 Å². The molecule has 0 spiro atoms. The van der Waals surface area contributed by atoms with E-state index in [0.717, 1.165) is 22.2 Å². The molecule has 0 aliphatic heterocycles. The van der Waals surface area contributed by atoms with Crippen molar-refractivity contribution in [1.29, 1.82) is 0 Å². The zero-order valence-corrected chi connectivity index (χ0v) is 18.7. The number of imidazole rings is 1. The lowest BCUT2D eigenvalue weighted by Gasteiger charge is -2.18. The summed E-state index contributed by atoms with van der Waals surface area (Å²) >= 11 is 21.9. The fourth-order valence-electron chi connectivity index (χ4n) is 2.22. The monoisotopic (exact) mass is 491 g/mol. The van der Waals surface area contributed by atoms with Crippen LogP contribution in [0.2, 0.25) is 15.1 Å². The molecule has 154 valence electrons. The molecule has 0 saturated heterocycles. The summed E-state index contributed by atoms with van der Waals surface area (Å²) in [6, 6.07) is 13.5. The Hall–Kier alpha value is -1.58. The van der Waals surface area contributed by atoms with E-state index in [1.807, 2.05) is 48.9 Å². The van der Waals surface area contributed by atoms with Gasteiger partial charge in [-0.3, -0.25) is 0 Å². The smallest absolute Gasteiger partial charge is 0.291 e. The van der Waals surface area contributed by atoms with Crippen LogP contribution in [-0.2, 0) is 6.54 Å². The molecule has 0 amide bonds. The number of benzene rings is 2. The third-order valence-electron chi connectivity index (χ3n) is 3.41. The van der Waals surface area contributed by atoms with Crippen LogP contribution in [0, 0.1) is 10.1 Å². The van der Waals surface area contributed by atoms with Crippen molar-refractivity contribution < 1.29 is 10.3 Å². The van der Waals surface area contributed by atoms with E-state index < -0.39 is 5.09 Å². The summed E-state index contributed by atoms with van der Waals surface area (Å²) in [5.41, 5.74) is 0. The molecule has 0 radical (unpaired) electrons. The lowest BCUT2D eigenvalue weighted by Crippen LogP contribution is -2.14. The first kappa shape index (κ1) is 23.7. The van der Waals surface area contributed by atoms with Gasteiger partial charge in [-0.1, -0.05) is 34.8 Å². The molecule has 1 heterocycles. The predicted octanol–water partition coefficient (Wildman–Crippen LogP) is 6.45. The maximum absolute atomic E-state index is 8.36. The lowest BCUT2D eigenvalue weighted by molar-refractivity contribution is -0.742. The highest BCUT2D eigenvalue weighted by Gasteiger charge is 2.14. The van der Waals surface area contributed by atoms with Gasteiger partial charge >= 0.3 is 0 Å². The van der Waals surface area contributed by atoms with Gasteiger partial charge in [0, 0.05) is 49.8 Å². The van der Waals surface area contributed by atoms with Crippen LogP contribution in [0.25, 0.3) is 0 Å². The van der Waals surface area contributed by atoms with Gasteiger partial charge in [-0.05, 0) is 42.5 Å². The number of hydrogen-bond donors (Lipinski definition) is 1. The summed E-state index contributed by atoms with van der Waals surface area (Å²) in [5, 5.41) is 16.1. The average Bonchev–Trinajstić information content (AvgIpc) is 3.16. The average molecular weight is 493 g/mol. The third-order valence-corrected chi connectivity index (χ3v) is 6.97. The third kappa shape index (κ3) is 9.18. The van der Waals surface area contributed by atoms with Gasteiger partial charge in [0.15, 0.2) is 0 Å². The summed E-state index contributed by atoms with van der Waals surface area (Å²) in [4.78, 5) is 14.7. The van der Waals surface area contributed by atoms with Crippen molar-refractivity contribution in [1.82, 2.24) is 9.55 Å². The van der Waals surface area contributed by atoms with Crippen molar-refractivity contribution in [2.24, 2.45) is 0 Å². The quantitative estimate of drug-likeness (QED) is 0.232. The highest BCUT2D eigenvalue weighted by atomic mass is 35.5. The molecule has 6 nitrogen and oxygen atoms in total. The summed E-state index contributed by atoms with van der Waals surface area (Å²) in [6.45, 7) is 0.851. The van der Waals surface area contributed by atoms with Crippen molar-refractivity contribution in [2.75, 3.05) is 5.75 Å². The van der Waals surface area contributed by atoms with Gasteiger partial charge in [0.1, 0.15) is 0 Å². The van der Waals surface area contributed by atoms with Crippen molar-refractivity contribution in [2.45, 2.75) is 21.6 Å². The standard InChI is InChI=1S/C18H15Cl3N2S2.HNO3/c19-13-1-4-15(5-2-13)24-11-16(10-23-8-7-22-12-23)25-18-6-3-14(20)9-17(18)21;2-1(3)4/h1-9,12,16H,10-11H2;(H,2,3,4). The fraction of sp³-hybridized carbons (Fsp3) is 0.167. The molecular formula is C18H16Cl3N3O3S2. The maximum Gasteiger partial charge on any atom is 0.291 e. The fourth-order valence-corrected chi connectivity index (χ4v) is 5.10. The molecule has 0 aliphatic carbocycles.